The van der Waals surface area contributed by atoms with E-state index in [-0.39, 0.29) is 6.04 Å². The number of nitrogens with zero attached hydrogens (tertiary/aromatic N) is 1. The minimum atomic E-state index is -0.404. The fourth-order valence-corrected chi connectivity index (χ4v) is 2.18. The maximum absolute atomic E-state index is 12.1. The summed E-state index contributed by atoms with van der Waals surface area (Å²) in [5, 5.41) is 14.9. The van der Waals surface area contributed by atoms with Crippen molar-refractivity contribution in [1.82, 2.24) is 5.32 Å². The highest BCUT2D eigenvalue weighted by Crippen LogP contribution is 2.14. The molecule has 4 heteroatoms. The Bertz CT molecular complexity index is 639. The van der Waals surface area contributed by atoms with Crippen molar-refractivity contribution in [3.8, 4) is 0 Å². The molecule has 22 heavy (non-hydrogen) atoms. The quantitative estimate of drug-likeness (QED) is 0.399. The third-order valence-corrected chi connectivity index (χ3v) is 3.57. The smallest absolute Gasteiger partial charge is 0.309 e. The Labute approximate surface area is 130 Å². The standard InChI is InChI=1S/C18H20N2O2/c1-14(16-9-5-3-6-10-16)19-18(21)13-20(22)15(2)17-11-7-4-8-12-17/h3-15H,1-2H3,(H,19,21)/b20-13-/t14-,15-/m1/s1. The number of carbonyl (C=O) groups excluding carboxylic acids is 1. The van der Waals surface area contributed by atoms with Gasteiger partial charge in [-0.05, 0) is 12.5 Å². The summed E-state index contributed by atoms with van der Waals surface area (Å²) >= 11 is 0. The molecule has 1 N–H and O–H groups in total. The highest BCUT2D eigenvalue weighted by Gasteiger charge is 2.15. The summed E-state index contributed by atoms with van der Waals surface area (Å²) in [5.74, 6) is -0.394. The van der Waals surface area contributed by atoms with Crippen LogP contribution in [0.4, 0.5) is 0 Å². The molecule has 0 unspecified atom stereocenters. The van der Waals surface area contributed by atoms with Gasteiger partial charge in [0.05, 0.1) is 6.04 Å². The molecular formula is C18H20N2O2. The molecule has 0 aliphatic carbocycles. The van der Waals surface area contributed by atoms with Gasteiger partial charge in [-0.3, -0.25) is 4.79 Å². The molecule has 0 bridgehead atoms. The normalized spacial score (nSPS) is 14.2. The van der Waals surface area contributed by atoms with E-state index in [1.807, 2.05) is 67.6 Å². The molecule has 1 amide bonds. The molecule has 0 aliphatic rings. The van der Waals surface area contributed by atoms with Crippen LogP contribution in [0.2, 0.25) is 0 Å². The Kier molecular flexibility index (Phi) is 5.31. The van der Waals surface area contributed by atoms with Crippen molar-refractivity contribution in [3.63, 3.8) is 0 Å². The van der Waals surface area contributed by atoms with Gasteiger partial charge < -0.3 is 10.5 Å². The van der Waals surface area contributed by atoms with E-state index in [1.54, 1.807) is 6.92 Å². The average molecular weight is 296 g/mol. The molecule has 2 aromatic rings. The van der Waals surface area contributed by atoms with Crippen molar-refractivity contribution in [2.45, 2.75) is 25.9 Å². The molecule has 2 atom stereocenters. The molecule has 4 nitrogen and oxygen atoms in total. The predicted octanol–water partition coefficient (Wildman–Crippen LogP) is 3.21. The van der Waals surface area contributed by atoms with Crippen LogP contribution in [0.3, 0.4) is 0 Å². The van der Waals surface area contributed by atoms with Crippen LogP contribution < -0.4 is 5.32 Å². The molecule has 0 spiro atoms. The van der Waals surface area contributed by atoms with Crippen LogP contribution in [-0.4, -0.2) is 16.9 Å². The van der Waals surface area contributed by atoms with E-state index >= 15 is 0 Å². The maximum atomic E-state index is 12.1. The van der Waals surface area contributed by atoms with Crippen molar-refractivity contribution in [2.24, 2.45) is 0 Å². The van der Waals surface area contributed by atoms with Crippen LogP contribution in [0.1, 0.15) is 37.1 Å². The number of hydrogen-bond donors (Lipinski definition) is 1. The lowest BCUT2D eigenvalue weighted by Crippen LogP contribution is -2.30. The van der Waals surface area contributed by atoms with E-state index in [2.05, 4.69) is 5.32 Å². The van der Waals surface area contributed by atoms with Crippen molar-refractivity contribution >= 4 is 12.1 Å². The Balaban J connectivity index is 2.01. The lowest BCUT2D eigenvalue weighted by molar-refractivity contribution is -0.497. The number of nitrogens with one attached hydrogen (secondary N) is 1. The Morgan fingerprint density at radius 2 is 1.50 bits per heavy atom. The molecule has 0 aliphatic heterocycles. The largest absolute Gasteiger partial charge is 0.623 e. The molecule has 0 heterocycles. The fourth-order valence-electron chi connectivity index (χ4n) is 2.18. The van der Waals surface area contributed by atoms with E-state index in [4.69, 9.17) is 0 Å². The summed E-state index contributed by atoms with van der Waals surface area (Å²) in [5.41, 5.74) is 1.87. The molecular weight excluding hydrogens is 276 g/mol. The first kappa shape index (κ1) is 15.8. The van der Waals surface area contributed by atoms with Crippen LogP contribution in [0.25, 0.3) is 0 Å². The van der Waals surface area contributed by atoms with Crippen LogP contribution in [0, 0.1) is 5.21 Å². The summed E-state index contributed by atoms with van der Waals surface area (Å²) in [6, 6.07) is 18.5. The Hall–Kier alpha value is -2.62. The zero-order chi connectivity index (χ0) is 15.9. The maximum Gasteiger partial charge on any atom is 0.309 e. The summed E-state index contributed by atoms with van der Waals surface area (Å²) in [7, 11) is 0. The number of hydrogen-bond acceptors (Lipinski definition) is 2. The number of carbonyl (C=O) groups is 1. The number of benzene rings is 2. The van der Waals surface area contributed by atoms with Gasteiger partial charge in [0.25, 0.3) is 0 Å². The molecule has 0 fully saturated rings. The van der Waals surface area contributed by atoms with Gasteiger partial charge in [-0.15, -0.1) is 0 Å². The van der Waals surface area contributed by atoms with E-state index in [0.29, 0.717) is 4.74 Å². The number of amides is 1. The molecule has 0 radical (unpaired) electrons. The molecule has 0 aromatic heterocycles. The van der Waals surface area contributed by atoms with Crippen LogP contribution in [0.15, 0.2) is 60.7 Å². The van der Waals surface area contributed by atoms with Gasteiger partial charge in [-0.1, -0.05) is 60.7 Å². The zero-order valence-electron chi connectivity index (χ0n) is 12.8. The first-order chi connectivity index (χ1) is 10.6. The third-order valence-electron chi connectivity index (χ3n) is 3.57. The Morgan fingerprint density at radius 1 is 1.00 bits per heavy atom. The lowest BCUT2D eigenvalue weighted by atomic mass is 10.1. The predicted molar refractivity (Wildman–Crippen MR) is 87.5 cm³/mol. The summed E-state index contributed by atoms with van der Waals surface area (Å²) in [6.45, 7) is 3.66. The van der Waals surface area contributed by atoms with E-state index in [9.17, 15) is 10.0 Å². The van der Waals surface area contributed by atoms with Gasteiger partial charge in [0.1, 0.15) is 0 Å². The average Bonchev–Trinajstić information content (AvgIpc) is 2.55. The second kappa shape index (κ2) is 7.41. The van der Waals surface area contributed by atoms with E-state index in [1.165, 1.54) is 0 Å². The van der Waals surface area contributed by atoms with Crippen molar-refractivity contribution in [1.29, 1.82) is 0 Å². The molecule has 2 aromatic carbocycles. The molecule has 114 valence electrons. The van der Waals surface area contributed by atoms with Crippen molar-refractivity contribution in [2.75, 3.05) is 0 Å². The van der Waals surface area contributed by atoms with Gasteiger partial charge >= 0.3 is 5.91 Å². The monoisotopic (exact) mass is 296 g/mol. The van der Waals surface area contributed by atoms with Gasteiger partial charge in [-0.2, -0.15) is 0 Å². The number of hydroxylamine groups is 1. The van der Waals surface area contributed by atoms with E-state index < -0.39 is 11.9 Å². The van der Waals surface area contributed by atoms with E-state index in [0.717, 1.165) is 17.3 Å². The van der Waals surface area contributed by atoms with Crippen LogP contribution in [0.5, 0.6) is 0 Å². The number of rotatable bonds is 5. The highest BCUT2D eigenvalue weighted by atomic mass is 16.5. The van der Waals surface area contributed by atoms with Crippen molar-refractivity contribution < 1.29 is 9.53 Å². The second-order valence-electron chi connectivity index (χ2n) is 5.22. The van der Waals surface area contributed by atoms with Gasteiger partial charge in [0.2, 0.25) is 6.21 Å². The minimum absolute atomic E-state index is 0.148. The lowest BCUT2D eigenvalue weighted by Gasteiger charge is -2.15. The van der Waals surface area contributed by atoms with Gasteiger partial charge in [0, 0.05) is 12.5 Å². The van der Waals surface area contributed by atoms with Crippen molar-refractivity contribution in [3.05, 3.63) is 77.0 Å². The Morgan fingerprint density at radius 3 is 2.05 bits per heavy atom. The summed E-state index contributed by atoms with van der Waals surface area (Å²) in [6.07, 6.45) is 1.07. The second-order valence-corrected chi connectivity index (χ2v) is 5.22. The summed E-state index contributed by atoms with van der Waals surface area (Å²) < 4.78 is 0.683. The topological polar surface area (TPSA) is 55.2 Å². The highest BCUT2D eigenvalue weighted by molar-refractivity contribution is 6.24. The molecule has 0 saturated carbocycles. The zero-order valence-corrected chi connectivity index (χ0v) is 12.8. The first-order valence-corrected chi connectivity index (χ1v) is 7.28. The summed E-state index contributed by atoms with van der Waals surface area (Å²) in [4.78, 5) is 12.0. The van der Waals surface area contributed by atoms with Gasteiger partial charge in [0.15, 0.2) is 6.04 Å². The van der Waals surface area contributed by atoms with Crippen LogP contribution >= 0.6 is 0 Å². The first-order valence-electron chi connectivity index (χ1n) is 7.28. The molecule has 0 saturated heterocycles. The SMILES string of the molecule is C[C@H](c1ccccc1)/[N+]([O-])=C/C(=O)N[C@H](C)c1ccccc1. The molecule has 2 rings (SSSR count). The fraction of sp³-hybridized carbons (Fsp3) is 0.222. The van der Waals surface area contributed by atoms with Gasteiger partial charge in [-0.25, -0.2) is 4.74 Å². The third kappa shape index (κ3) is 4.19. The van der Waals surface area contributed by atoms with Crippen LogP contribution in [-0.2, 0) is 4.79 Å². The minimum Gasteiger partial charge on any atom is -0.623 e.